The smallest absolute Gasteiger partial charge is 0.245 e. The molecule has 1 fully saturated rings. The quantitative estimate of drug-likeness (QED) is 0.753. The predicted molar refractivity (Wildman–Crippen MR) is 112 cm³/mol. The van der Waals surface area contributed by atoms with Crippen LogP contribution in [0.25, 0.3) is 0 Å². The van der Waals surface area contributed by atoms with Gasteiger partial charge in [-0.15, -0.1) is 0 Å². The number of benzene rings is 1. The van der Waals surface area contributed by atoms with Crippen LogP contribution in [0.3, 0.4) is 0 Å². The van der Waals surface area contributed by atoms with Crippen molar-refractivity contribution in [2.45, 2.75) is 71.4 Å². The number of carbonyl (C=O) groups excluding carboxylic acids is 2. The second kappa shape index (κ2) is 8.83. The minimum absolute atomic E-state index is 0.0269. The fraction of sp³-hybridized carbons (Fsp3) is 0.636. The predicted octanol–water partition coefficient (Wildman–Crippen LogP) is 3.74. The third kappa shape index (κ3) is 5.95. The van der Waals surface area contributed by atoms with Crippen LogP contribution in [0, 0.1) is 5.41 Å². The van der Waals surface area contributed by atoms with E-state index in [-0.39, 0.29) is 23.7 Å². The Kier molecular flexibility index (Phi) is 7.16. The van der Waals surface area contributed by atoms with Gasteiger partial charge in [0, 0.05) is 18.1 Å². The van der Waals surface area contributed by atoms with Gasteiger partial charge in [0.15, 0.2) is 0 Å². The van der Waals surface area contributed by atoms with Crippen LogP contribution in [0.15, 0.2) is 24.3 Å². The van der Waals surface area contributed by atoms with Crippen LogP contribution < -0.4 is 5.32 Å². The summed E-state index contributed by atoms with van der Waals surface area (Å²) in [5, 5.41) is 13.3. The van der Waals surface area contributed by atoms with Crippen molar-refractivity contribution in [1.82, 2.24) is 10.2 Å². The van der Waals surface area contributed by atoms with Gasteiger partial charge in [-0.3, -0.25) is 9.59 Å². The van der Waals surface area contributed by atoms with E-state index in [9.17, 15) is 14.7 Å². The number of aliphatic hydroxyl groups is 1. The standard InChI is InChI=1S/C22H33ClN2O3/c1-6-18(24-19(26)13-22(4,5)28)20(27)25-12-11-17(21(2,3)14-25)15-7-9-16(23)10-8-15/h7-10,17-18,28H,6,11-14H2,1-5H3,(H,24,26)/t17?,18-/m1/s1. The number of hydrogen-bond donors (Lipinski definition) is 2. The molecule has 0 spiro atoms. The highest BCUT2D eigenvalue weighted by Gasteiger charge is 2.39. The Morgan fingerprint density at radius 2 is 1.93 bits per heavy atom. The van der Waals surface area contributed by atoms with Gasteiger partial charge in [0.25, 0.3) is 0 Å². The molecule has 6 heteroatoms. The molecule has 1 aromatic carbocycles. The largest absolute Gasteiger partial charge is 0.390 e. The average Bonchev–Trinajstić information content (AvgIpc) is 2.57. The molecule has 5 nitrogen and oxygen atoms in total. The van der Waals surface area contributed by atoms with Crippen LogP contribution in [-0.2, 0) is 9.59 Å². The molecule has 0 aromatic heterocycles. The molecule has 0 saturated carbocycles. The molecule has 0 bridgehead atoms. The highest BCUT2D eigenvalue weighted by Crippen LogP contribution is 2.42. The number of hydrogen-bond acceptors (Lipinski definition) is 3. The van der Waals surface area contributed by atoms with Crippen molar-refractivity contribution in [2.75, 3.05) is 13.1 Å². The number of carbonyl (C=O) groups is 2. The Labute approximate surface area is 173 Å². The first-order chi connectivity index (χ1) is 12.9. The van der Waals surface area contributed by atoms with E-state index < -0.39 is 11.6 Å². The Balaban J connectivity index is 2.05. The molecule has 28 heavy (non-hydrogen) atoms. The zero-order chi connectivity index (χ0) is 21.1. The van der Waals surface area contributed by atoms with E-state index in [0.29, 0.717) is 25.4 Å². The summed E-state index contributed by atoms with van der Waals surface area (Å²) in [4.78, 5) is 27.1. The van der Waals surface area contributed by atoms with Crippen LogP contribution in [0.4, 0.5) is 0 Å². The molecule has 0 aliphatic carbocycles. The van der Waals surface area contributed by atoms with Crippen molar-refractivity contribution >= 4 is 23.4 Å². The highest BCUT2D eigenvalue weighted by atomic mass is 35.5. The van der Waals surface area contributed by atoms with Crippen molar-refractivity contribution in [2.24, 2.45) is 5.41 Å². The molecule has 1 aliphatic rings. The first kappa shape index (κ1) is 22.7. The van der Waals surface area contributed by atoms with E-state index in [2.05, 4.69) is 31.3 Å². The van der Waals surface area contributed by atoms with Crippen LogP contribution in [0.5, 0.6) is 0 Å². The van der Waals surface area contributed by atoms with Gasteiger partial charge in [0.05, 0.1) is 12.0 Å². The molecule has 2 N–H and O–H groups in total. The first-order valence-electron chi connectivity index (χ1n) is 9.99. The summed E-state index contributed by atoms with van der Waals surface area (Å²) in [5.41, 5.74) is 0.0635. The van der Waals surface area contributed by atoms with Gasteiger partial charge in [-0.05, 0) is 55.7 Å². The molecule has 1 heterocycles. The third-order valence-electron chi connectivity index (χ3n) is 5.45. The van der Waals surface area contributed by atoms with Gasteiger partial charge in [-0.25, -0.2) is 0 Å². The van der Waals surface area contributed by atoms with Crippen molar-refractivity contribution in [3.05, 3.63) is 34.9 Å². The number of nitrogens with one attached hydrogen (secondary N) is 1. The SMILES string of the molecule is CC[C@@H](NC(=O)CC(C)(C)O)C(=O)N1CCC(c2ccc(Cl)cc2)C(C)(C)C1. The zero-order valence-corrected chi connectivity index (χ0v) is 18.3. The molecule has 1 aromatic rings. The monoisotopic (exact) mass is 408 g/mol. The summed E-state index contributed by atoms with van der Waals surface area (Å²) in [6, 6.07) is 7.40. The minimum Gasteiger partial charge on any atom is -0.390 e. The van der Waals surface area contributed by atoms with Gasteiger partial charge in [-0.1, -0.05) is 44.5 Å². The summed E-state index contributed by atoms with van der Waals surface area (Å²) in [6.45, 7) is 10.7. The van der Waals surface area contributed by atoms with E-state index in [1.807, 2.05) is 24.0 Å². The fourth-order valence-electron chi connectivity index (χ4n) is 4.05. The van der Waals surface area contributed by atoms with E-state index in [0.717, 1.165) is 11.4 Å². The van der Waals surface area contributed by atoms with E-state index in [4.69, 9.17) is 11.6 Å². The van der Waals surface area contributed by atoms with Gasteiger partial charge in [0.2, 0.25) is 11.8 Å². The number of nitrogens with zero attached hydrogens (tertiary/aromatic N) is 1. The number of piperidine rings is 1. The molecular weight excluding hydrogens is 376 g/mol. The zero-order valence-electron chi connectivity index (χ0n) is 17.6. The molecule has 1 unspecified atom stereocenters. The van der Waals surface area contributed by atoms with Crippen molar-refractivity contribution in [1.29, 1.82) is 0 Å². The lowest BCUT2D eigenvalue weighted by Gasteiger charge is -2.45. The summed E-state index contributed by atoms with van der Waals surface area (Å²) >= 11 is 6.02. The second-order valence-electron chi connectivity index (χ2n) is 9.16. The van der Waals surface area contributed by atoms with Crippen LogP contribution >= 0.6 is 11.6 Å². The lowest BCUT2D eigenvalue weighted by molar-refractivity contribution is -0.140. The summed E-state index contributed by atoms with van der Waals surface area (Å²) in [7, 11) is 0. The fourth-order valence-corrected chi connectivity index (χ4v) is 4.18. The molecule has 2 rings (SSSR count). The van der Waals surface area contributed by atoms with Crippen molar-refractivity contribution in [3.63, 3.8) is 0 Å². The summed E-state index contributed by atoms with van der Waals surface area (Å²) in [6.07, 6.45) is 1.36. The lowest BCUT2D eigenvalue weighted by Crippen LogP contribution is -2.54. The second-order valence-corrected chi connectivity index (χ2v) is 9.60. The Bertz CT molecular complexity index is 695. The van der Waals surface area contributed by atoms with Crippen LogP contribution in [-0.4, -0.2) is 46.6 Å². The normalized spacial score (nSPS) is 20.5. The molecule has 156 valence electrons. The summed E-state index contributed by atoms with van der Waals surface area (Å²) in [5.74, 6) is -0.00379. The van der Waals surface area contributed by atoms with E-state index >= 15 is 0 Å². The maximum atomic E-state index is 13.0. The number of amides is 2. The Morgan fingerprint density at radius 1 is 1.32 bits per heavy atom. The lowest BCUT2D eigenvalue weighted by atomic mass is 9.70. The number of halogens is 1. The minimum atomic E-state index is -1.09. The highest BCUT2D eigenvalue weighted by molar-refractivity contribution is 6.30. The number of rotatable bonds is 6. The summed E-state index contributed by atoms with van der Waals surface area (Å²) < 4.78 is 0. The van der Waals surface area contributed by atoms with Crippen LogP contribution in [0.2, 0.25) is 5.02 Å². The van der Waals surface area contributed by atoms with Gasteiger partial charge in [0.1, 0.15) is 6.04 Å². The molecule has 2 amide bonds. The topological polar surface area (TPSA) is 69.6 Å². The average molecular weight is 409 g/mol. The maximum absolute atomic E-state index is 13.0. The Morgan fingerprint density at radius 3 is 2.43 bits per heavy atom. The van der Waals surface area contributed by atoms with Crippen molar-refractivity contribution in [3.8, 4) is 0 Å². The molecule has 1 saturated heterocycles. The van der Waals surface area contributed by atoms with Crippen molar-refractivity contribution < 1.29 is 14.7 Å². The van der Waals surface area contributed by atoms with Gasteiger partial charge < -0.3 is 15.3 Å². The third-order valence-corrected chi connectivity index (χ3v) is 5.70. The molecular formula is C22H33ClN2O3. The maximum Gasteiger partial charge on any atom is 0.245 e. The van der Waals surface area contributed by atoms with E-state index in [1.54, 1.807) is 13.8 Å². The Hall–Kier alpha value is -1.59. The van der Waals surface area contributed by atoms with Gasteiger partial charge >= 0.3 is 0 Å². The van der Waals surface area contributed by atoms with Crippen LogP contribution in [0.1, 0.15) is 65.4 Å². The molecule has 2 atom stereocenters. The first-order valence-corrected chi connectivity index (χ1v) is 10.4. The molecule has 0 radical (unpaired) electrons. The van der Waals surface area contributed by atoms with Gasteiger partial charge in [-0.2, -0.15) is 0 Å². The number of likely N-dealkylation sites (tertiary alicyclic amines) is 1. The molecule has 1 aliphatic heterocycles. The van der Waals surface area contributed by atoms with E-state index in [1.165, 1.54) is 5.56 Å².